The summed E-state index contributed by atoms with van der Waals surface area (Å²) in [6.45, 7) is 6.16. The number of allylic oxidation sites excluding steroid dienone is 3. The smallest absolute Gasteiger partial charge is 0.410 e. The van der Waals surface area contributed by atoms with Crippen molar-refractivity contribution in [2.45, 2.75) is 77.0 Å². The second-order valence-electron chi connectivity index (χ2n) is 11.5. The van der Waals surface area contributed by atoms with E-state index in [0.717, 1.165) is 50.5 Å². The van der Waals surface area contributed by atoms with Crippen LogP contribution in [0.5, 0.6) is 0 Å². The van der Waals surface area contributed by atoms with E-state index in [1.165, 1.54) is 5.57 Å². The highest BCUT2D eigenvalue weighted by atomic mass is 16.6. The number of benzene rings is 1. The van der Waals surface area contributed by atoms with Gasteiger partial charge in [0.1, 0.15) is 5.60 Å². The number of fused-ring (bicyclic) bond motifs is 6. The molecule has 0 bridgehead atoms. The number of hydrogen-bond acceptors (Lipinski definition) is 3. The van der Waals surface area contributed by atoms with Crippen LogP contribution in [-0.2, 0) is 11.3 Å². The van der Waals surface area contributed by atoms with Crippen LogP contribution >= 0.6 is 0 Å². The summed E-state index contributed by atoms with van der Waals surface area (Å²) in [6.07, 6.45) is 11.5. The molecule has 6 rings (SSSR count). The molecule has 1 aromatic carbocycles. The van der Waals surface area contributed by atoms with Crippen molar-refractivity contribution < 1.29 is 14.6 Å². The molecule has 4 aliphatic carbocycles. The molecular weight excluding hydrogens is 398 g/mol. The van der Waals surface area contributed by atoms with Crippen LogP contribution in [0.1, 0.15) is 64.4 Å². The average Bonchev–Trinajstić information content (AvgIpc) is 3.25. The summed E-state index contributed by atoms with van der Waals surface area (Å²) in [5.74, 6) is 1.05. The maximum absolute atomic E-state index is 13.0. The summed E-state index contributed by atoms with van der Waals surface area (Å²) in [4.78, 5) is 14.9. The first-order valence-corrected chi connectivity index (χ1v) is 12.5. The highest BCUT2D eigenvalue weighted by molar-refractivity contribution is 5.71. The van der Waals surface area contributed by atoms with Crippen molar-refractivity contribution in [2.75, 3.05) is 6.54 Å². The zero-order valence-electron chi connectivity index (χ0n) is 19.3. The second kappa shape index (κ2) is 6.96. The van der Waals surface area contributed by atoms with Gasteiger partial charge in [0.2, 0.25) is 0 Å². The van der Waals surface area contributed by atoms with Gasteiger partial charge in [-0.2, -0.15) is 0 Å². The number of carbonyl (C=O) groups is 1. The van der Waals surface area contributed by atoms with Crippen LogP contribution in [0, 0.1) is 22.7 Å². The van der Waals surface area contributed by atoms with Gasteiger partial charge in [-0.1, -0.05) is 67.5 Å². The Morgan fingerprint density at radius 1 is 1.03 bits per heavy atom. The van der Waals surface area contributed by atoms with Crippen molar-refractivity contribution in [3.8, 4) is 0 Å². The Morgan fingerprint density at radius 2 is 1.81 bits per heavy atom. The van der Waals surface area contributed by atoms with Crippen LogP contribution in [0.2, 0.25) is 0 Å². The molecule has 3 saturated carbocycles. The molecule has 4 nitrogen and oxygen atoms in total. The lowest BCUT2D eigenvalue weighted by Gasteiger charge is -2.55. The highest BCUT2D eigenvalue weighted by Crippen LogP contribution is 2.67. The first kappa shape index (κ1) is 20.5. The Labute approximate surface area is 191 Å². The summed E-state index contributed by atoms with van der Waals surface area (Å²) >= 11 is 0. The fraction of sp³-hybridized carbons (Fsp3) is 0.607. The lowest BCUT2D eigenvalue weighted by atomic mass is 9.50. The molecule has 1 aromatic rings. The third-order valence-electron chi connectivity index (χ3n) is 10.0. The molecule has 4 heteroatoms. The molecule has 0 unspecified atom stereocenters. The molecule has 170 valence electrons. The Kier molecular flexibility index (Phi) is 4.47. The van der Waals surface area contributed by atoms with E-state index in [1.807, 2.05) is 23.1 Å². The molecule has 1 saturated heterocycles. The minimum atomic E-state index is -0.372. The van der Waals surface area contributed by atoms with Crippen LogP contribution in [-0.4, -0.2) is 34.3 Å². The van der Waals surface area contributed by atoms with Gasteiger partial charge in [0.05, 0.1) is 12.6 Å². The Balaban J connectivity index is 1.29. The Morgan fingerprint density at radius 3 is 2.62 bits per heavy atom. The highest BCUT2D eigenvalue weighted by Gasteiger charge is 2.67. The molecule has 5 aliphatic rings. The molecule has 1 heterocycles. The van der Waals surface area contributed by atoms with E-state index in [-0.39, 0.29) is 28.6 Å². The first-order valence-electron chi connectivity index (χ1n) is 12.5. The van der Waals surface area contributed by atoms with Gasteiger partial charge in [0, 0.05) is 12.0 Å². The molecule has 1 amide bonds. The van der Waals surface area contributed by atoms with Crippen molar-refractivity contribution in [2.24, 2.45) is 22.7 Å². The van der Waals surface area contributed by atoms with E-state index in [2.05, 4.69) is 38.1 Å². The van der Waals surface area contributed by atoms with E-state index in [9.17, 15) is 9.90 Å². The number of amides is 1. The molecule has 1 spiro atoms. The summed E-state index contributed by atoms with van der Waals surface area (Å²) in [7, 11) is 0. The van der Waals surface area contributed by atoms with Crippen LogP contribution < -0.4 is 0 Å². The van der Waals surface area contributed by atoms with Crippen molar-refractivity contribution in [3.63, 3.8) is 0 Å². The molecule has 4 fully saturated rings. The number of ether oxygens (including phenoxy) is 1. The zero-order valence-corrected chi connectivity index (χ0v) is 19.3. The van der Waals surface area contributed by atoms with Crippen molar-refractivity contribution in [1.29, 1.82) is 0 Å². The maximum Gasteiger partial charge on any atom is 0.410 e. The van der Waals surface area contributed by atoms with E-state index >= 15 is 0 Å². The topological polar surface area (TPSA) is 49.8 Å². The van der Waals surface area contributed by atoms with Gasteiger partial charge >= 0.3 is 6.09 Å². The molecule has 1 aliphatic heterocycles. The third kappa shape index (κ3) is 2.74. The van der Waals surface area contributed by atoms with E-state index < -0.39 is 0 Å². The number of nitrogens with zero attached hydrogens (tertiary/aromatic N) is 1. The SMILES string of the molecule is C[C@]12CC[C@H](O)CC1=CC=C1[C@@H]2CC[C@@]2(C)[C@H]1CC[C@@]21CN(Cc2ccccc2)C(=O)O1. The lowest BCUT2D eigenvalue weighted by Crippen LogP contribution is -2.53. The molecule has 1 N–H and O–H groups in total. The number of aliphatic hydroxyl groups is 1. The number of rotatable bonds is 2. The molecule has 6 atom stereocenters. The fourth-order valence-corrected chi connectivity index (χ4v) is 8.07. The number of aliphatic hydroxyl groups excluding tert-OH is 1. The van der Waals surface area contributed by atoms with E-state index in [4.69, 9.17) is 4.74 Å². The summed E-state index contributed by atoms with van der Waals surface area (Å²) in [5, 5.41) is 10.2. The van der Waals surface area contributed by atoms with Crippen LogP contribution in [0.25, 0.3) is 0 Å². The van der Waals surface area contributed by atoms with Crippen molar-refractivity contribution in [1.82, 2.24) is 4.90 Å². The fourth-order valence-electron chi connectivity index (χ4n) is 8.07. The van der Waals surface area contributed by atoms with Gasteiger partial charge in [0.25, 0.3) is 0 Å². The molecule has 32 heavy (non-hydrogen) atoms. The van der Waals surface area contributed by atoms with Crippen LogP contribution in [0.3, 0.4) is 0 Å². The third-order valence-corrected chi connectivity index (χ3v) is 10.0. The predicted molar refractivity (Wildman–Crippen MR) is 124 cm³/mol. The summed E-state index contributed by atoms with van der Waals surface area (Å²) in [5.41, 5.74) is 4.00. The normalized spacial score (nSPS) is 42.7. The number of carbonyl (C=O) groups excluding carboxylic acids is 1. The number of hydrogen-bond donors (Lipinski definition) is 1. The quantitative estimate of drug-likeness (QED) is 0.658. The van der Waals surface area contributed by atoms with Gasteiger partial charge in [0.15, 0.2) is 0 Å². The maximum atomic E-state index is 13.0. The van der Waals surface area contributed by atoms with Crippen molar-refractivity contribution >= 4 is 6.09 Å². The first-order chi connectivity index (χ1) is 15.3. The molecule has 0 radical (unpaired) electrons. The van der Waals surface area contributed by atoms with Gasteiger partial charge in [-0.05, 0) is 67.8 Å². The Hall–Kier alpha value is -2.07. The van der Waals surface area contributed by atoms with Crippen molar-refractivity contribution in [3.05, 3.63) is 59.2 Å². The predicted octanol–water partition coefficient (Wildman–Crippen LogP) is 5.62. The molecular formula is C28H35NO3. The summed E-state index contributed by atoms with van der Waals surface area (Å²) < 4.78 is 6.30. The lowest BCUT2D eigenvalue weighted by molar-refractivity contribution is -0.0627. The minimum absolute atomic E-state index is 0.00762. The van der Waals surface area contributed by atoms with E-state index in [0.29, 0.717) is 24.9 Å². The largest absolute Gasteiger partial charge is 0.440 e. The average molecular weight is 434 g/mol. The summed E-state index contributed by atoms with van der Waals surface area (Å²) in [6, 6.07) is 10.2. The van der Waals surface area contributed by atoms with Gasteiger partial charge in [-0.25, -0.2) is 4.79 Å². The minimum Gasteiger partial charge on any atom is -0.440 e. The van der Waals surface area contributed by atoms with Crippen LogP contribution in [0.15, 0.2) is 53.6 Å². The van der Waals surface area contributed by atoms with E-state index in [1.54, 1.807) is 5.57 Å². The van der Waals surface area contributed by atoms with Gasteiger partial charge in [-0.15, -0.1) is 0 Å². The monoisotopic (exact) mass is 433 g/mol. The molecule has 0 aromatic heterocycles. The van der Waals surface area contributed by atoms with Gasteiger partial charge in [-0.3, -0.25) is 4.90 Å². The van der Waals surface area contributed by atoms with Crippen LogP contribution in [0.4, 0.5) is 4.79 Å². The Bertz CT molecular complexity index is 999. The zero-order chi connectivity index (χ0) is 22.1. The van der Waals surface area contributed by atoms with Gasteiger partial charge < -0.3 is 9.84 Å². The second-order valence-corrected chi connectivity index (χ2v) is 11.5. The standard InChI is InChI=1S/C28H35NO3/c1-26-13-10-21(30)16-20(26)8-9-22-23(26)11-14-27(2)24(22)12-15-28(27)18-29(25(31)32-28)17-19-6-4-3-5-7-19/h3-9,21,23-24,30H,10-18H2,1-2H3/t21-,23-,24-,26-,27-,28+/m0/s1.